The molecular formula is C43H64N6O9. The average molecular weight is 809 g/mol. The molecule has 2 aromatic heterocycles. The molecule has 13 atom stereocenters. The molecule has 15 nitrogen and oxygen atoms in total. The smallest absolute Gasteiger partial charge is 0.318 e. The first-order valence-electron chi connectivity index (χ1n) is 20.5. The van der Waals surface area contributed by atoms with Crippen molar-refractivity contribution >= 4 is 23.6 Å². The fourth-order valence-electron chi connectivity index (χ4n) is 9.34. The lowest BCUT2D eigenvalue weighted by atomic mass is 9.72. The van der Waals surface area contributed by atoms with E-state index in [1.54, 1.807) is 37.5 Å². The molecule has 15 heteroatoms. The number of ketones is 2. The predicted molar refractivity (Wildman–Crippen MR) is 216 cm³/mol. The van der Waals surface area contributed by atoms with E-state index in [1.165, 1.54) is 14.0 Å². The van der Waals surface area contributed by atoms with E-state index in [0.29, 0.717) is 19.4 Å². The number of amides is 2. The zero-order valence-electron chi connectivity index (χ0n) is 36.0. The van der Waals surface area contributed by atoms with E-state index in [4.69, 9.17) is 18.9 Å². The van der Waals surface area contributed by atoms with Crippen LogP contribution in [0.15, 0.2) is 49.2 Å². The van der Waals surface area contributed by atoms with Crippen molar-refractivity contribution in [3.8, 4) is 11.3 Å². The largest absolute Gasteiger partial charge is 0.459 e. The number of cyclic esters (lactones) is 1. The van der Waals surface area contributed by atoms with Crippen molar-refractivity contribution in [3.05, 3.63) is 49.2 Å². The summed E-state index contributed by atoms with van der Waals surface area (Å²) in [5, 5.41) is 14.5. The van der Waals surface area contributed by atoms with Crippen molar-refractivity contribution in [2.75, 3.05) is 27.7 Å². The van der Waals surface area contributed by atoms with Crippen molar-refractivity contribution in [2.45, 2.75) is 135 Å². The summed E-state index contributed by atoms with van der Waals surface area (Å²) in [6, 6.07) is 2.39. The van der Waals surface area contributed by atoms with Gasteiger partial charge < -0.3 is 43.7 Å². The number of nitrogens with zero attached hydrogens (tertiary/aromatic N) is 5. The monoisotopic (exact) mass is 808 g/mol. The number of fused-ring (bicyclic) bond motifs is 1. The minimum Gasteiger partial charge on any atom is -0.459 e. The number of ether oxygens (including phenoxy) is 4. The van der Waals surface area contributed by atoms with Gasteiger partial charge in [0.1, 0.15) is 23.9 Å². The fraction of sp³-hybridized carbons (Fsp3) is 0.674. The van der Waals surface area contributed by atoms with Crippen molar-refractivity contribution in [1.82, 2.24) is 29.7 Å². The number of aliphatic hydroxyl groups excluding tert-OH is 1. The second-order valence-electron chi connectivity index (χ2n) is 17.2. The Morgan fingerprint density at radius 1 is 1.05 bits per heavy atom. The Hall–Kier alpha value is -4.02. The van der Waals surface area contributed by atoms with E-state index in [9.17, 15) is 24.3 Å². The number of hydrogen-bond acceptors (Lipinski definition) is 12. The Labute approximate surface area is 342 Å². The lowest BCUT2D eigenvalue weighted by molar-refractivity contribution is -0.295. The summed E-state index contributed by atoms with van der Waals surface area (Å²) < 4.78 is 27.0. The van der Waals surface area contributed by atoms with Crippen LogP contribution in [0.3, 0.4) is 0 Å². The van der Waals surface area contributed by atoms with Gasteiger partial charge >= 0.3 is 12.0 Å². The van der Waals surface area contributed by atoms with Crippen LogP contribution in [0.4, 0.5) is 4.79 Å². The average Bonchev–Trinajstić information content (AvgIpc) is 3.78. The van der Waals surface area contributed by atoms with Gasteiger partial charge in [0.05, 0.1) is 41.4 Å². The van der Waals surface area contributed by atoms with Crippen LogP contribution in [0.1, 0.15) is 74.7 Å². The fourth-order valence-corrected chi connectivity index (χ4v) is 9.34. The Morgan fingerprint density at radius 3 is 2.40 bits per heavy atom. The van der Waals surface area contributed by atoms with Gasteiger partial charge in [-0.05, 0) is 73.2 Å². The molecular weight excluding hydrogens is 745 g/mol. The zero-order chi connectivity index (χ0) is 42.7. The number of esters is 1. The van der Waals surface area contributed by atoms with Crippen LogP contribution in [0, 0.1) is 23.7 Å². The number of urea groups is 1. The molecule has 2 amide bonds. The molecule has 5 heterocycles. The molecule has 320 valence electrons. The summed E-state index contributed by atoms with van der Waals surface area (Å²) in [6.45, 7) is 14.8. The molecule has 0 unspecified atom stereocenters. The van der Waals surface area contributed by atoms with Crippen LogP contribution in [-0.2, 0) is 39.9 Å². The topological polar surface area (TPSA) is 175 Å². The third-order valence-electron chi connectivity index (χ3n) is 12.7. The number of likely N-dealkylation sites (N-methyl/N-ethyl adjacent to an activating group) is 1. The van der Waals surface area contributed by atoms with Gasteiger partial charge in [0.25, 0.3) is 0 Å². The van der Waals surface area contributed by atoms with Gasteiger partial charge in [-0.1, -0.05) is 39.8 Å². The maximum Gasteiger partial charge on any atom is 0.318 e. The highest BCUT2D eigenvalue weighted by Gasteiger charge is 2.58. The van der Waals surface area contributed by atoms with Crippen molar-refractivity contribution in [1.29, 1.82) is 0 Å². The molecule has 0 aliphatic carbocycles. The van der Waals surface area contributed by atoms with E-state index in [1.807, 2.05) is 88.7 Å². The summed E-state index contributed by atoms with van der Waals surface area (Å²) in [5.74, 6) is -4.83. The number of methoxy groups -OCH3 is 1. The molecule has 3 aliphatic heterocycles. The predicted octanol–water partition coefficient (Wildman–Crippen LogP) is 4.28. The molecule has 0 radical (unpaired) electrons. The van der Waals surface area contributed by atoms with Crippen LogP contribution in [0.2, 0.25) is 0 Å². The van der Waals surface area contributed by atoms with E-state index in [0.717, 1.165) is 11.3 Å². The number of carbonyl (C=O) groups is 4. The Kier molecular flexibility index (Phi) is 14.4. The summed E-state index contributed by atoms with van der Waals surface area (Å²) in [7, 11) is 5.25. The lowest BCUT2D eigenvalue weighted by Gasteiger charge is -2.47. The van der Waals surface area contributed by atoms with Gasteiger partial charge in [-0.15, -0.1) is 0 Å². The molecule has 3 aliphatic rings. The first-order valence-corrected chi connectivity index (χ1v) is 20.5. The first kappa shape index (κ1) is 45.1. The minimum absolute atomic E-state index is 0.133. The van der Waals surface area contributed by atoms with Gasteiger partial charge in [-0.2, -0.15) is 0 Å². The van der Waals surface area contributed by atoms with Crippen molar-refractivity contribution < 1.29 is 43.2 Å². The first-order chi connectivity index (χ1) is 27.4. The van der Waals surface area contributed by atoms with Crippen LogP contribution in [-0.4, -0.2) is 135 Å². The maximum absolute atomic E-state index is 14.7. The number of carbonyl (C=O) groups excluding carboxylic acids is 4. The van der Waals surface area contributed by atoms with E-state index in [2.05, 4.69) is 15.3 Å². The second-order valence-corrected chi connectivity index (χ2v) is 17.2. The highest BCUT2D eigenvalue weighted by Crippen LogP contribution is 2.41. The van der Waals surface area contributed by atoms with Crippen LogP contribution in [0.5, 0.6) is 0 Å². The van der Waals surface area contributed by atoms with E-state index in [-0.39, 0.29) is 30.9 Å². The number of aliphatic hydroxyl groups is 1. The molecule has 3 fully saturated rings. The van der Waals surface area contributed by atoms with Crippen LogP contribution < -0.4 is 5.32 Å². The highest BCUT2D eigenvalue weighted by molar-refractivity contribution is 6.00. The number of allylic oxidation sites excluding steroid dienone is 1. The molecule has 5 rings (SSSR count). The highest BCUT2D eigenvalue weighted by atomic mass is 16.7. The van der Waals surface area contributed by atoms with Crippen molar-refractivity contribution in [2.24, 2.45) is 23.7 Å². The summed E-state index contributed by atoms with van der Waals surface area (Å²) in [4.78, 5) is 69.1. The summed E-state index contributed by atoms with van der Waals surface area (Å²) in [6.07, 6.45) is 7.60. The third-order valence-corrected chi connectivity index (χ3v) is 12.7. The zero-order valence-corrected chi connectivity index (χ0v) is 36.0. The molecule has 0 spiro atoms. The number of rotatable bonds is 10. The number of imidazole rings is 1. The lowest BCUT2D eigenvalue weighted by Crippen LogP contribution is -2.62. The normalized spacial score (nSPS) is 36.8. The SMILES string of the molecule is CC[C@H]1OC(=O)[C@H](C)C(=O)[C@H](C)[C@@H](O[C@@H]2O[C@H](C)C[C@H](N(C)C)[C@H]2O)[C@@](C)(OC)C[C@@H](C)C(=O)[C@H](C)[C@H]2N(C/C=C/Cn3cnc(-c4cccnc4)c3)C(=O)N[C@]12C. The Balaban J connectivity index is 1.46. The number of nitrogens with one attached hydrogen (secondary N) is 1. The van der Waals surface area contributed by atoms with Gasteiger partial charge in [0.15, 0.2) is 12.1 Å². The number of hydrogen-bond donors (Lipinski definition) is 2. The minimum atomic E-state index is -1.26. The van der Waals surface area contributed by atoms with Gasteiger partial charge in [-0.25, -0.2) is 9.78 Å². The Bertz CT molecular complexity index is 1790. The molecule has 3 saturated heterocycles. The molecule has 58 heavy (non-hydrogen) atoms. The second kappa shape index (κ2) is 18.5. The standard InChI is InChI=1S/C43H64N6O9/c1-12-33-43(8)37(49(41(54)46-43)19-14-13-18-48-23-31(45-24-48)30-16-15-17-44-22-30)27(4)34(50)25(2)21-42(7,55-11)38(28(5)35(51)29(6)39(53)57-33)58-40-36(52)32(47(9)10)20-26(3)56-40/h13-17,22-29,32-33,36-38,40,52H,12,18-21H2,1-11H3,(H,46,54)/b14-13+/t25-,26-,27+,28+,29-,32+,33-,36-,37-,38-,40+,42+,43-/m1/s1. The summed E-state index contributed by atoms with van der Waals surface area (Å²) >= 11 is 0. The third kappa shape index (κ3) is 9.23. The van der Waals surface area contributed by atoms with E-state index < -0.39 is 83.2 Å². The quantitative estimate of drug-likeness (QED) is 0.199. The van der Waals surface area contributed by atoms with Crippen LogP contribution >= 0.6 is 0 Å². The number of Topliss-reactive ketones (excluding diaryl/α,β-unsaturated/α-hetero) is 2. The molecule has 2 aromatic rings. The van der Waals surface area contributed by atoms with Gasteiger partial charge in [0.2, 0.25) is 0 Å². The van der Waals surface area contributed by atoms with Crippen molar-refractivity contribution in [3.63, 3.8) is 0 Å². The molecule has 2 N–H and O–H groups in total. The van der Waals surface area contributed by atoms with Crippen LogP contribution in [0.25, 0.3) is 11.3 Å². The van der Waals surface area contributed by atoms with E-state index >= 15 is 0 Å². The Morgan fingerprint density at radius 2 is 1.76 bits per heavy atom. The molecule has 0 bridgehead atoms. The maximum atomic E-state index is 14.7. The molecule has 0 aromatic carbocycles. The van der Waals surface area contributed by atoms with Gasteiger partial charge in [-0.3, -0.25) is 19.4 Å². The number of aromatic nitrogens is 3. The molecule has 0 saturated carbocycles. The number of pyridine rings is 1. The van der Waals surface area contributed by atoms with Gasteiger partial charge in [0, 0.05) is 68.1 Å². The summed E-state index contributed by atoms with van der Waals surface area (Å²) in [5.41, 5.74) is -0.757.